The van der Waals surface area contributed by atoms with E-state index in [2.05, 4.69) is 5.32 Å². The van der Waals surface area contributed by atoms with Gasteiger partial charge in [-0.15, -0.1) is 0 Å². The number of nitrogens with one attached hydrogen (secondary N) is 1. The van der Waals surface area contributed by atoms with Gasteiger partial charge >= 0.3 is 0 Å². The summed E-state index contributed by atoms with van der Waals surface area (Å²) in [6, 6.07) is 8.30. The maximum atomic E-state index is 13.3. The van der Waals surface area contributed by atoms with Crippen molar-refractivity contribution >= 4 is 21.6 Å². The second-order valence-electron chi connectivity index (χ2n) is 6.85. The largest absolute Gasteiger partial charge is 0.385 e. The van der Waals surface area contributed by atoms with Gasteiger partial charge in [0.25, 0.3) is 0 Å². The monoisotopic (exact) mass is 392 g/mol. The van der Waals surface area contributed by atoms with Gasteiger partial charge in [0.1, 0.15) is 10.7 Å². The van der Waals surface area contributed by atoms with Gasteiger partial charge in [0, 0.05) is 31.9 Å². The molecular formula is C20H28N2O4S. The molecule has 6 nitrogen and oxygen atoms in total. The summed E-state index contributed by atoms with van der Waals surface area (Å²) in [7, 11) is -2.15. The van der Waals surface area contributed by atoms with Crippen LogP contribution in [-0.2, 0) is 25.9 Å². The molecule has 2 aromatic rings. The molecule has 0 unspecified atom stereocenters. The molecule has 0 aliphatic carbocycles. The number of methoxy groups -OCH3 is 1. The van der Waals surface area contributed by atoms with Crippen LogP contribution in [0.25, 0.3) is 0 Å². The van der Waals surface area contributed by atoms with Crippen LogP contribution in [0.4, 0.5) is 5.82 Å². The summed E-state index contributed by atoms with van der Waals surface area (Å²) in [4.78, 5) is 12.8. The topological polar surface area (TPSA) is 77.4 Å². The van der Waals surface area contributed by atoms with Crippen LogP contribution in [0.3, 0.4) is 0 Å². The van der Waals surface area contributed by atoms with Gasteiger partial charge in [-0.25, -0.2) is 8.42 Å². The van der Waals surface area contributed by atoms with Crippen molar-refractivity contribution in [2.24, 2.45) is 5.92 Å². The van der Waals surface area contributed by atoms with Crippen molar-refractivity contribution in [1.82, 2.24) is 4.57 Å². The summed E-state index contributed by atoms with van der Waals surface area (Å²) in [5.41, 5.74) is 1.47. The first kappa shape index (κ1) is 21.2. The van der Waals surface area contributed by atoms with Gasteiger partial charge in [-0.1, -0.05) is 32.0 Å². The molecule has 0 aliphatic rings. The van der Waals surface area contributed by atoms with Gasteiger partial charge in [-0.05, 0) is 38.0 Å². The van der Waals surface area contributed by atoms with E-state index in [1.165, 1.54) is 0 Å². The molecule has 1 amide bonds. The third-order valence-corrected chi connectivity index (χ3v) is 6.52. The summed E-state index contributed by atoms with van der Waals surface area (Å²) in [6.07, 6.45) is 0.709. The Morgan fingerprint density at radius 1 is 1.19 bits per heavy atom. The van der Waals surface area contributed by atoms with E-state index in [0.29, 0.717) is 31.0 Å². The average molecular weight is 393 g/mol. The molecule has 2 rings (SSSR count). The van der Waals surface area contributed by atoms with Crippen LogP contribution in [0.5, 0.6) is 0 Å². The molecule has 148 valence electrons. The van der Waals surface area contributed by atoms with Crippen molar-refractivity contribution in [3.05, 3.63) is 41.6 Å². The number of carbonyl (C=O) groups excluding carboxylic acids is 1. The minimum atomic E-state index is -3.77. The molecule has 1 heterocycles. The van der Waals surface area contributed by atoms with Crippen LogP contribution >= 0.6 is 0 Å². The van der Waals surface area contributed by atoms with E-state index in [-0.39, 0.29) is 21.6 Å². The van der Waals surface area contributed by atoms with Gasteiger partial charge in [-0.3, -0.25) is 4.79 Å². The van der Waals surface area contributed by atoms with Crippen LogP contribution in [-0.4, -0.2) is 32.6 Å². The minimum absolute atomic E-state index is 0.164. The van der Waals surface area contributed by atoms with E-state index in [1.54, 1.807) is 58.2 Å². The number of hydrogen-bond donors (Lipinski definition) is 1. The number of anilines is 1. The summed E-state index contributed by atoms with van der Waals surface area (Å²) in [5.74, 6) is -0.145. The van der Waals surface area contributed by atoms with Crippen LogP contribution in [0.15, 0.2) is 40.1 Å². The lowest BCUT2D eigenvalue weighted by molar-refractivity contribution is -0.118. The molecule has 1 aromatic carbocycles. The number of hydrogen-bond acceptors (Lipinski definition) is 4. The van der Waals surface area contributed by atoms with E-state index in [0.717, 1.165) is 5.69 Å². The molecule has 0 aliphatic heterocycles. The molecule has 0 bridgehead atoms. The van der Waals surface area contributed by atoms with Crippen molar-refractivity contribution in [2.75, 3.05) is 19.0 Å². The maximum absolute atomic E-state index is 13.3. The number of amides is 1. The molecule has 1 aromatic heterocycles. The standard InChI is InChI=1S/C20H28N2O4S/c1-14(2)20(23)21-19-18(27(24,25)17-10-7-6-8-11-17)15(3)16(4)22(19)12-9-13-26-5/h6-8,10-11,14H,9,12-13H2,1-5H3,(H,21,23). The Morgan fingerprint density at radius 3 is 2.37 bits per heavy atom. The number of aromatic nitrogens is 1. The molecule has 0 saturated heterocycles. The fraction of sp³-hybridized carbons (Fsp3) is 0.450. The Morgan fingerprint density at radius 2 is 1.81 bits per heavy atom. The zero-order valence-corrected chi connectivity index (χ0v) is 17.4. The molecule has 0 spiro atoms. The second-order valence-corrected chi connectivity index (χ2v) is 8.73. The fourth-order valence-electron chi connectivity index (χ4n) is 2.91. The zero-order valence-electron chi connectivity index (χ0n) is 16.6. The highest BCUT2D eigenvalue weighted by atomic mass is 32.2. The molecular weight excluding hydrogens is 364 g/mol. The number of rotatable bonds is 8. The van der Waals surface area contributed by atoms with Crippen LogP contribution in [0.1, 0.15) is 31.5 Å². The smallest absolute Gasteiger partial charge is 0.228 e. The van der Waals surface area contributed by atoms with Crippen LogP contribution in [0, 0.1) is 19.8 Å². The maximum Gasteiger partial charge on any atom is 0.228 e. The summed E-state index contributed by atoms with van der Waals surface area (Å²) >= 11 is 0. The molecule has 1 N–H and O–H groups in total. The predicted octanol–water partition coefficient (Wildman–Crippen LogP) is 3.57. The van der Waals surface area contributed by atoms with Crippen molar-refractivity contribution < 1.29 is 17.9 Å². The number of sulfone groups is 1. The van der Waals surface area contributed by atoms with Crippen molar-refractivity contribution in [3.8, 4) is 0 Å². The van der Waals surface area contributed by atoms with Crippen LogP contribution < -0.4 is 5.32 Å². The van der Waals surface area contributed by atoms with Crippen molar-refractivity contribution in [1.29, 1.82) is 0 Å². The van der Waals surface area contributed by atoms with Gasteiger partial charge in [-0.2, -0.15) is 0 Å². The highest BCUT2D eigenvalue weighted by Crippen LogP contribution is 2.35. The normalized spacial score (nSPS) is 11.8. The minimum Gasteiger partial charge on any atom is -0.385 e. The Bertz CT molecular complexity index is 900. The molecule has 27 heavy (non-hydrogen) atoms. The lowest BCUT2D eigenvalue weighted by atomic mass is 10.2. The number of nitrogens with zero attached hydrogens (tertiary/aromatic N) is 1. The van der Waals surface area contributed by atoms with E-state index in [9.17, 15) is 13.2 Å². The molecule has 0 saturated carbocycles. The Labute approximate surface area is 161 Å². The first-order valence-corrected chi connectivity index (χ1v) is 10.5. The van der Waals surface area contributed by atoms with Gasteiger partial charge in [0.15, 0.2) is 0 Å². The SMILES string of the molecule is COCCCn1c(C)c(C)c(S(=O)(=O)c2ccccc2)c1NC(=O)C(C)C. The van der Waals surface area contributed by atoms with Crippen molar-refractivity contribution in [2.45, 2.75) is 50.5 Å². The van der Waals surface area contributed by atoms with Gasteiger partial charge in [0.05, 0.1) is 4.90 Å². The van der Waals surface area contributed by atoms with E-state index < -0.39 is 9.84 Å². The average Bonchev–Trinajstić information content (AvgIpc) is 2.87. The first-order chi connectivity index (χ1) is 12.7. The number of carbonyl (C=O) groups is 1. The zero-order chi connectivity index (χ0) is 20.2. The molecule has 0 fully saturated rings. The van der Waals surface area contributed by atoms with E-state index in [4.69, 9.17) is 4.74 Å². The summed E-state index contributed by atoms with van der Waals surface area (Å²) in [5, 5.41) is 2.85. The highest BCUT2D eigenvalue weighted by molar-refractivity contribution is 7.91. The lowest BCUT2D eigenvalue weighted by Gasteiger charge is -2.15. The van der Waals surface area contributed by atoms with Crippen molar-refractivity contribution in [3.63, 3.8) is 0 Å². The number of ether oxygens (including phenoxy) is 1. The van der Waals surface area contributed by atoms with Crippen LogP contribution in [0.2, 0.25) is 0 Å². The second kappa shape index (κ2) is 8.71. The first-order valence-electron chi connectivity index (χ1n) is 9.01. The van der Waals surface area contributed by atoms with Gasteiger partial charge in [0.2, 0.25) is 15.7 Å². The number of benzene rings is 1. The Hall–Kier alpha value is -2.12. The predicted molar refractivity (Wildman–Crippen MR) is 106 cm³/mol. The Kier molecular flexibility index (Phi) is 6.84. The Balaban J connectivity index is 2.65. The van der Waals surface area contributed by atoms with E-state index >= 15 is 0 Å². The quantitative estimate of drug-likeness (QED) is 0.697. The lowest BCUT2D eigenvalue weighted by Crippen LogP contribution is -2.22. The molecule has 7 heteroatoms. The third-order valence-electron chi connectivity index (χ3n) is 4.59. The molecule has 0 atom stereocenters. The summed E-state index contributed by atoms with van der Waals surface area (Å²) < 4.78 is 33.6. The van der Waals surface area contributed by atoms with Gasteiger partial charge < -0.3 is 14.6 Å². The third kappa shape index (κ3) is 4.42. The molecule has 0 radical (unpaired) electrons. The highest BCUT2D eigenvalue weighted by Gasteiger charge is 2.30. The van der Waals surface area contributed by atoms with E-state index in [1.807, 2.05) is 11.5 Å². The summed E-state index contributed by atoms with van der Waals surface area (Å²) in [6.45, 7) is 8.31. The fourth-order valence-corrected chi connectivity index (χ4v) is 4.63.